The Morgan fingerprint density at radius 1 is 1.20 bits per heavy atom. The van der Waals surface area contributed by atoms with Crippen LogP contribution in [0.3, 0.4) is 0 Å². The third kappa shape index (κ3) is 5.13. The summed E-state index contributed by atoms with van der Waals surface area (Å²) in [7, 11) is 1.25. The Hall–Kier alpha value is -1.69. The Morgan fingerprint density at radius 2 is 1.90 bits per heavy atom. The van der Waals surface area contributed by atoms with Gasteiger partial charge in [-0.3, -0.25) is 4.79 Å². The fourth-order valence-electron chi connectivity index (χ4n) is 1.78. The first-order chi connectivity index (χ1) is 9.58. The zero-order valence-corrected chi connectivity index (χ0v) is 11.5. The van der Waals surface area contributed by atoms with Crippen molar-refractivity contribution in [3.8, 4) is 5.75 Å². The molecule has 0 aromatic heterocycles. The van der Waals surface area contributed by atoms with Gasteiger partial charge in [0.15, 0.2) is 17.4 Å². The van der Waals surface area contributed by atoms with Crippen LogP contribution in [0, 0.1) is 11.6 Å². The molecule has 1 rings (SSSR count). The first-order valence-electron chi connectivity index (χ1n) is 6.61. The van der Waals surface area contributed by atoms with Crippen molar-refractivity contribution >= 4 is 11.6 Å². The maximum Gasteiger partial charge on any atom is 0.224 e. The highest BCUT2D eigenvalue weighted by atomic mass is 19.1. The van der Waals surface area contributed by atoms with Gasteiger partial charge in [-0.25, -0.2) is 8.78 Å². The number of methoxy groups -OCH3 is 1. The average Bonchev–Trinajstić information content (AvgIpc) is 2.42. The standard InChI is InChI=1S/C14H20F2N2O2/c1-20-13-9-10(15)12(8-11(13)16)18-14(19)6-4-2-3-5-7-17/h8-9H,2-7,17H2,1H3,(H,18,19). The van der Waals surface area contributed by atoms with Crippen LogP contribution in [-0.2, 0) is 4.79 Å². The topological polar surface area (TPSA) is 64.3 Å². The van der Waals surface area contributed by atoms with E-state index < -0.39 is 11.6 Å². The van der Waals surface area contributed by atoms with Gasteiger partial charge in [0.05, 0.1) is 12.8 Å². The second kappa shape index (κ2) is 8.47. The first-order valence-corrected chi connectivity index (χ1v) is 6.61. The molecule has 0 heterocycles. The van der Waals surface area contributed by atoms with Crippen LogP contribution in [0.1, 0.15) is 32.1 Å². The number of ether oxygens (including phenoxy) is 1. The van der Waals surface area contributed by atoms with Gasteiger partial charge in [0.2, 0.25) is 5.91 Å². The molecule has 112 valence electrons. The summed E-state index contributed by atoms with van der Waals surface area (Å²) in [5.74, 6) is -1.96. The first kappa shape index (κ1) is 16.4. The number of carbonyl (C=O) groups is 1. The average molecular weight is 286 g/mol. The molecule has 0 saturated carbocycles. The molecule has 0 radical (unpaired) electrons. The van der Waals surface area contributed by atoms with Crippen molar-refractivity contribution in [1.29, 1.82) is 0 Å². The predicted octanol–water partition coefficient (Wildman–Crippen LogP) is 2.82. The number of nitrogens with two attached hydrogens (primary N) is 1. The highest BCUT2D eigenvalue weighted by Gasteiger charge is 2.12. The lowest BCUT2D eigenvalue weighted by Gasteiger charge is -2.09. The van der Waals surface area contributed by atoms with E-state index in [9.17, 15) is 13.6 Å². The summed E-state index contributed by atoms with van der Waals surface area (Å²) in [4.78, 5) is 11.6. The summed E-state index contributed by atoms with van der Waals surface area (Å²) in [6.45, 7) is 0.641. The van der Waals surface area contributed by atoms with Crippen LogP contribution in [0.5, 0.6) is 5.75 Å². The Balaban J connectivity index is 2.47. The molecular weight excluding hydrogens is 266 g/mol. The zero-order chi connectivity index (χ0) is 15.0. The highest BCUT2D eigenvalue weighted by Crippen LogP contribution is 2.24. The number of hydrogen-bond donors (Lipinski definition) is 2. The van der Waals surface area contributed by atoms with Gasteiger partial charge >= 0.3 is 0 Å². The van der Waals surface area contributed by atoms with Crippen LogP contribution in [0.4, 0.5) is 14.5 Å². The van der Waals surface area contributed by atoms with Gasteiger partial charge < -0.3 is 15.8 Å². The number of nitrogens with one attached hydrogen (secondary N) is 1. The molecule has 0 unspecified atom stereocenters. The second-order valence-corrected chi connectivity index (χ2v) is 4.47. The maximum atomic E-state index is 13.6. The molecule has 6 heteroatoms. The molecule has 1 amide bonds. The minimum absolute atomic E-state index is 0.171. The molecule has 0 aliphatic carbocycles. The summed E-state index contributed by atoms with van der Waals surface area (Å²) in [6, 6.07) is 1.83. The van der Waals surface area contributed by atoms with Crippen LogP contribution in [0.15, 0.2) is 12.1 Å². The normalized spacial score (nSPS) is 10.4. The van der Waals surface area contributed by atoms with Gasteiger partial charge in [-0.1, -0.05) is 12.8 Å². The number of halogens is 2. The number of hydrogen-bond acceptors (Lipinski definition) is 3. The molecule has 0 aliphatic rings. The third-order valence-electron chi connectivity index (χ3n) is 2.87. The van der Waals surface area contributed by atoms with Crippen molar-refractivity contribution in [1.82, 2.24) is 0 Å². The molecule has 0 bridgehead atoms. The largest absolute Gasteiger partial charge is 0.494 e. The smallest absolute Gasteiger partial charge is 0.224 e. The predicted molar refractivity (Wildman–Crippen MR) is 73.7 cm³/mol. The molecule has 1 aromatic carbocycles. The molecule has 0 atom stereocenters. The van der Waals surface area contributed by atoms with Crippen LogP contribution in [0.2, 0.25) is 0 Å². The van der Waals surface area contributed by atoms with E-state index in [0.29, 0.717) is 13.0 Å². The lowest BCUT2D eigenvalue weighted by molar-refractivity contribution is -0.116. The van der Waals surface area contributed by atoms with E-state index in [1.807, 2.05) is 0 Å². The fraction of sp³-hybridized carbons (Fsp3) is 0.500. The van der Waals surface area contributed by atoms with E-state index in [2.05, 4.69) is 10.1 Å². The van der Waals surface area contributed by atoms with Crippen molar-refractivity contribution in [2.24, 2.45) is 5.73 Å². The van der Waals surface area contributed by atoms with Crippen LogP contribution < -0.4 is 15.8 Å². The summed E-state index contributed by atoms with van der Waals surface area (Å²) in [6.07, 6.45) is 3.77. The van der Waals surface area contributed by atoms with E-state index in [1.54, 1.807) is 0 Å². The van der Waals surface area contributed by atoms with Crippen LogP contribution in [0.25, 0.3) is 0 Å². The molecule has 4 nitrogen and oxygen atoms in total. The summed E-state index contributed by atoms with van der Waals surface area (Å²) in [5.41, 5.74) is 5.19. The van der Waals surface area contributed by atoms with Gasteiger partial charge in [-0.05, 0) is 19.4 Å². The second-order valence-electron chi connectivity index (χ2n) is 4.47. The maximum absolute atomic E-state index is 13.6. The van der Waals surface area contributed by atoms with E-state index >= 15 is 0 Å². The van der Waals surface area contributed by atoms with E-state index in [1.165, 1.54) is 7.11 Å². The zero-order valence-electron chi connectivity index (χ0n) is 11.5. The van der Waals surface area contributed by atoms with Crippen molar-refractivity contribution in [2.45, 2.75) is 32.1 Å². The Labute approximate surface area is 117 Å². The lowest BCUT2D eigenvalue weighted by Crippen LogP contribution is -2.12. The van der Waals surface area contributed by atoms with Crippen molar-refractivity contribution < 1.29 is 18.3 Å². The van der Waals surface area contributed by atoms with Crippen LogP contribution >= 0.6 is 0 Å². The monoisotopic (exact) mass is 286 g/mol. The Bertz CT molecular complexity index is 453. The number of rotatable bonds is 8. The lowest BCUT2D eigenvalue weighted by atomic mass is 10.1. The minimum Gasteiger partial charge on any atom is -0.494 e. The van der Waals surface area contributed by atoms with E-state index in [4.69, 9.17) is 5.73 Å². The number of carbonyl (C=O) groups excluding carboxylic acids is 1. The quantitative estimate of drug-likeness (QED) is 0.722. The van der Waals surface area contributed by atoms with Crippen molar-refractivity contribution in [3.05, 3.63) is 23.8 Å². The van der Waals surface area contributed by atoms with E-state index in [0.717, 1.165) is 31.4 Å². The van der Waals surface area contributed by atoms with E-state index in [-0.39, 0.29) is 23.8 Å². The summed E-state index contributed by atoms with van der Waals surface area (Å²) >= 11 is 0. The minimum atomic E-state index is -0.722. The number of anilines is 1. The van der Waals surface area contributed by atoms with Crippen LogP contribution in [-0.4, -0.2) is 19.6 Å². The molecular formula is C14H20F2N2O2. The number of unbranched alkanes of at least 4 members (excludes halogenated alkanes) is 3. The molecule has 0 spiro atoms. The van der Waals surface area contributed by atoms with Gasteiger partial charge in [0.1, 0.15) is 0 Å². The molecule has 3 N–H and O–H groups in total. The Morgan fingerprint density at radius 3 is 2.55 bits per heavy atom. The summed E-state index contributed by atoms with van der Waals surface area (Å²) < 4.78 is 31.7. The third-order valence-corrected chi connectivity index (χ3v) is 2.87. The van der Waals surface area contributed by atoms with Gasteiger partial charge in [0, 0.05) is 18.6 Å². The van der Waals surface area contributed by atoms with Gasteiger partial charge in [0.25, 0.3) is 0 Å². The summed E-state index contributed by atoms with van der Waals surface area (Å²) in [5, 5.41) is 2.36. The molecule has 0 fully saturated rings. The molecule has 0 saturated heterocycles. The van der Waals surface area contributed by atoms with Gasteiger partial charge in [-0.15, -0.1) is 0 Å². The Kier molecular flexibility index (Phi) is 6.93. The SMILES string of the molecule is COc1cc(F)c(NC(=O)CCCCCCN)cc1F. The number of benzene rings is 1. The molecule has 20 heavy (non-hydrogen) atoms. The number of amides is 1. The molecule has 0 aliphatic heterocycles. The van der Waals surface area contributed by atoms with Crippen molar-refractivity contribution in [2.75, 3.05) is 19.0 Å². The van der Waals surface area contributed by atoms with Crippen molar-refractivity contribution in [3.63, 3.8) is 0 Å². The fourth-order valence-corrected chi connectivity index (χ4v) is 1.78. The molecule has 1 aromatic rings. The highest BCUT2D eigenvalue weighted by molar-refractivity contribution is 5.90. The van der Waals surface area contributed by atoms with Gasteiger partial charge in [-0.2, -0.15) is 0 Å².